The van der Waals surface area contributed by atoms with Crippen LogP contribution in [-0.4, -0.2) is 19.1 Å². The van der Waals surface area contributed by atoms with Gasteiger partial charge >= 0.3 is 0 Å². The van der Waals surface area contributed by atoms with Crippen LogP contribution in [0.5, 0.6) is 0 Å². The quantitative estimate of drug-likeness (QED) is 0.172. The van der Waals surface area contributed by atoms with Gasteiger partial charge in [0.15, 0.2) is 5.82 Å². The number of hydrogen-bond acceptors (Lipinski definition) is 2. The second-order valence-electron chi connectivity index (χ2n) is 14.3. The Morgan fingerprint density at radius 3 is 1.73 bits per heavy atom. The summed E-state index contributed by atoms with van der Waals surface area (Å²) >= 11 is 0. The summed E-state index contributed by atoms with van der Waals surface area (Å²) in [5.41, 5.74) is 14.1. The molecule has 262 valence electrons. The molecule has 11 aromatic rings. The smallest absolute Gasteiger partial charge is 0.160 e. The minimum absolute atomic E-state index is 0.688. The molecule has 0 aliphatic carbocycles. The van der Waals surface area contributed by atoms with Crippen LogP contribution >= 0.6 is 0 Å². The highest BCUT2D eigenvalue weighted by atomic mass is 15.0. The van der Waals surface area contributed by atoms with Crippen molar-refractivity contribution in [2.45, 2.75) is 0 Å². The van der Waals surface area contributed by atoms with Gasteiger partial charge in [0, 0.05) is 50.2 Å². The summed E-state index contributed by atoms with van der Waals surface area (Å²) in [5, 5.41) is 4.67. The van der Waals surface area contributed by atoms with Crippen molar-refractivity contribution in [3.63, 3.8) is 0 Å². The van der Waals surface area contributed by atoms with E-state index in [-0.39, 0.29) is 0 Å². The van der Waals surface area contributed by atoms with E-state index >= 15 is 0 Å². The van der Waals surface area contributed by atoms with Crippen LogP contribution in [-0.2, 0) is 0 Å². The molecule has 0 amide bonds. The Bertz CT molecular complexity index is 3170. The topological polar surface area (TPSA) is 35.6 Å². The average molecular weight is 715 g/mol. The van der Waals surface area contributed by atoms with Crippen molar-refractivity contribution in [3.05, 3.63) is 206 Å². The van der Waals surface area contributed by atoms with Crippen LogP contribution in [0, 0.1) is 0 Å². The predicted octanol–water partition coefficient (Wildman–Crippen LogP) is 13.3. The number of fused-ring (bicyclic) bond motifs is 6. The lowest BCUT2D eigenvalue weighted by Gasteiger charge is -2.14. The zero-order valence-electron chi connectivity index (χ0n) is 30.4. The minimum Gasteiger partial charge on any atom is -0.316 e. The van der Waals surface area contributed by atoms with E-state index in [2.05, 4.69) is 216 Å². The molecule has 0 unspecified atom stereocenters. The molecular formula is C52H34N4. The van der Waals surface area contributed by atoms with E-state index in [4.69, 9.17) is 9.97 Å². The van der Waals surface area contributed by atoms with Gasteiger partial charge in [-0.2, -0.15) is 0 Å². The van der Waals surface area contributed by atoms with Crippen LogP contribution in [0.2, 0.25) is 0 Å². The van der Waals surface area contributed by atoms with E-state index in [1.165, 1.54) is 21.7 Å². The molecule has 0 N–H and O–H groups in total. The van der Waals surface area contributed by atoms with Crippen molar-refractivity contribution < 1.29 is 0 Å². The summed E-state index contributed by atoms with van der Waals surface area (Å²) in [6, 6.07) is 71.0. The highest BCUT2D eigenvalue weighted by molar-refractivity contribution is 6.20. The number of rotatable bonds is 6. The van der Waals surface area contributed by atoms with Gasteiger partial charge in [-0.25, -0.2) is 9.97 Å². The van der Waals surface area contributed by atoms with Crippen molar-refractivity contribution in [2.24, 2.45) is 0 Å². The molecule has 3 heterocycles. The zero-order chi connectivity index (χ0) is 37.0. The first-order valence-electron chi connectivity index (χ1n) is 19.0. The molecule has 3 aromatic heterocycles. The molecule has 4 heteroatoms. The zero-order valence-corrected chi connectivity index (χ0v) is 30.4. The molecule has 0 saturated carbocycles. The molecule has 0 fully saturated rings. The van der Waals surface area contributed by atoms with Gasteiger partial charge in [0.25, 0.3) is 0 Å². The number of aromatic nitrogens is 4. The van der Waals surface area contributed by atoms with Gasteiger partial charge in [-0.1, -0.05) is 133 Å². The van der Waals surface area contributed by atoms with E-state index in [0.29, 0.717) is 5.82 Å². The minimum atomic E-state index is 0.688. The maximum atomic E-state index is 5.41. The fraction of sp³-hybridized carbons (Fsp3) is 0. The van der Waals surface area contributed by atoms with Crippen LogP contribution in [0.1, 0.15) is 0 Å². The summed E-state index contributed by atoms with van der Waals surface area (Å²) in [7, 11) is 0. The lowest BCUT2D eigenvalue weighted by molar-refractivity contribution is 1.13. The average Bonchev–Trinajstić information content (AvgIpc) is 3.86. The third kappa shape index (κ3) is 5.31. The summed E-state index contributed by atoms with van der Waals surface area (Å²) in [5.74, 6) is 0.688. The third-order valence-electron chi connectivity index (χ3n) is 10.9. The molecule has 56 heavy (non-hydrogen) atoms. The fourth-order valence-electron chi connectivity index (χ4n) is 8.33. The van der Waals surface area contributed by atoms with Crippen LogP contribution < -0.4 is 0 Å². The molecular weight excluding hydrogens is 681 g/mol. The van der Waals surface area contributed by atoms with Crippen LogP contribution in [0.3, 0.4) is 0 Å². The highest BCUT2D eigenvalue weighted by Gasteiger charge is 2.19. The number of nitrogens with zero attached hydrogens (tertiary/aromatic N) is 4. The summed E-state index contributed by atoms with van der Waals surface area (Å²) < 4.78 is 4.69. The summed E-state index contributed by atoms with van der Waals surface area (Å²) in [4.78, 5) is 10.6. The second-order valence-corrected chi connectivity index (χ2v) is 14.3. The molecule has 0 atom stereocenters. The molecule has 0 radical (unpaired) electrons. The van der Waals surface area contributed by atoms with Crippen LogP contribution in [0.4, 0.5) is 0 Å². The van der Waals surface area contributed by atoms with Gasteiger partial charge in [-0.15, -0.1) is 0 Å². The fourth-order valence-corrected chi connectivity index (χ4v) is 8.33. The first-order valence-corrected chi connectivity index (χ1v) is 19.0. The molecule has 11 rings (SSSR count). The lowest BCUT2D eigenvalue weighted by Crippen LogP contribution is -1.98. The van der Waals surface area contributed by atoms with Gasteiger partial charge in [0.1, 0.15) is 0 Å². The van der Waals surface area contributed by atoms with Crippen molar-refractivity contribution in [3.8, 4) is 56.3 Å². The molecule has 0 saturated heterocycles. The Morgan fingerprint density at radius 1 is 0.375 bits per heavy atom. The molecule has 0 aliphatic heterocycles. The third-order valence-corrected chi connectivity index (χ3v) is 10.9. The van der Waals surface area contributed by atoms with Crippen molar-refractivity contribution in [2.75, 3.05) is 0 Å². The Labute approximate surface area is 324 Å². The Balaban J connectivity index is 1.11. The largest absolute Gasteiger partial charge is 0.316 e. The monoisotopic (exact) mass is 714 g/mol. The predicted molar refractivity (Wildman–Crippen MR) is 232 cm³/mol. The maximum absolute atomic E-state index is 5.41. The summed E-state index contributed by atoms with van der Waals surface area (Å²) in [6.07, 6.45) is 2.18. The van der Waals surface area contributed by atoms with Gasteiger partial charge in [-0.05, 0) is 89.0 Å². The Morgan fingerprint density at radius 2 is 0.982 bits per heavy atom. The number of para-hydroxylation sites is 3. The van der Waals surface area contributed by atoms with Gasteiger partial charge in [0.05, 0.1) is 27.8 Å². The molecule has 4 nitrogen and oxygen atoms in total. The standard InChI is InChI=1S/C52H34N4/c1-4-15-35(16-5-1)39-31-40(36-17-6-2-7-18-36)33-41(32-39)50-44-23-10-12-25-46(44)53-52(54-50)38-19-14-22-43(34-38)56-47-26-13-11-24-45(47)49-48(56)28-27-37-29-30-55(51(37)49)42-20-8-3-9-21-42/h1-34H. The SMILES string of the molecule is c1ccc(-c2cc(-c3ccccc3)cc(-c3nc(-c4cccc(-n5c6ccccc6c6c7c(ccc65)ccn7-c5ccccc5)c4)nc4ccccc34)c2)cc1. The van der Waals surface area contributed by atoms with E-state index in [9.17, 15) is 0 Å². The van der Waals surface area contributed by atoms with Gasteiger partial charge in [0.2, 0.25) is 0 Å². The normalized spacial score (nSPS) is 11.6. The van der Waals surface area contributed by atoms with E-state index in [0.717, 1.165) is 72.4 Å². The molecule has 0 aliphatic rings. The summed E-state index contributed by atoms with van der Waals surface area (Å²) in [6.45, 7) is 0. The Hall–Kier alpha value is -7.56. The first kappa shape index (κ1) is 31.9. The van der Waals surface area contributed by atoms with Crippen molar-refractivity contribution >= 4 is 43.6 Å². The number of benzene rings is 8. The Kier molecular flexibility index (Phi) is 7.46. The van der Waals surface area contributed by atoms with Gasteiger partial charge < -0.3 is 9.13 Å². The second kappa shape index (κ2) is 13.1. The van der Waals surface area contributed by atoms with Gasteiger partial charge in [-0.3, -0.25) is 0 Å². The lowest BCUT2D eigenvalue weighted by atomic mass is 9.94. The van der Waals surface area contributed by atoms with Crippen molar-refractivity contribution in [1.29, 1.82) is 0 Å². The highest BCUT2D eigenvalue weighted by Crippen LogP contribution is 2.40. The van der Waals surface area contributed by atoms with E-state index < -0.39 is 0 Å². The molecule has 0 bridgehead atoms. The number of hydrogen-bond donors (Lipinski definition) is 0. The van der Waals surface area contributed by atoms with Crippen LogP contribution in [0.15, 0.2) is 206 Å². The molecule has 8 aromatic carbocycles. The van der Waals surface area contributed by atoms with Crippen LogP contribution in [0.25, 0.3) is 99.9 Å². The van der Waals surface area contributed by atoms with E-state index in [1.807, 2.05) is 0 Å². The first-order chi connectivity index (χ1) is 27.8. The van der Waals surface area contributed by atoms with E-state index in [1.54, 1.807) is 0 Å². The molecule has 0 spiro atoms. The van der Waals surface area contributed by atoms with Crippen molar-refractivity contribution in [1.82, 2.24) is 19.1 Å². The maximum Gasteiger partial charge on any atom is 0.160 e.